The van der Waals surface area contributed by atoms with Crippen LogP contribution in [0.3, 0.4) is 0 Å². The van der Waals surface area contributed by atoms with Gasteiger partial charge in [0, 0.05) is 9.35 Å². The number of fused-ring (bicyclic) bond motifs is 1. The molecule has 21 heavy (non-hydrogen) atoms. The first-order chi connectivity index (χ1) is 10.2. The van der Waals surface area contributed by atoms with Gasteiger partial charge in [0.2, 0.25) is 0 Å². The van der Waals surface area contributed by atoms with Crippen LogP contribution in [-0.2, 0) is 12.8 Å². The number of nitriles is 1. The van der Waals surface area contributed by atoms with E-state index in [1.165, 1.54) is 23.3 Å². The van der Waals surface area contributed by atoms with Crippen LogP contribution < -0.4 is 0 Å². The van der Waals surface area contributed by atoms with Crippen molar-refractivity contribution < 1.29 is 4.79 Å². The van der Waals surface area contributed by atoms with Crippen LogP contribution in [0, 0.1) is 11.3 Å². The van der Waals surface area contributed by atoms with Gasteiger partial charge in [-0.15, -0.1) is 11.3 Å². The van der Waals surface area contributed by atoms with Crippen molar-refractivity contribution in [2.24, 2.45) is 0 Å². The zero-order chi connectivity index (χ0) is 14.8. The second kappa shape index (κ2) is 6.13. The molecular weight excluding hydrogens is 346 g/mol. The molecule has 4 heteroatoms. The summed E-state index contributed by atoms with van der Waals surface area (Å²) in [6.07, 6.45) is 4.54. The number of nitrogens with zero attached hydrogens (tertiary/aromatic N) is 1. The Morgan fingerprint density at radius 3 is 2.62 bits per heavy atom. The van der Waals surface area contributed by atoms with Gasteiger partial charge < -0.3 is 0 Å². The summed E-state index contributed by atoms with van der Waals surface area (Å²) in [4.78, 5) is 14.7. The molecule has 0 N–H and O–H groups in total. The molecule has 2 nitrogen and oxygen atoms in total. The predicted molar refractivity (Wildman–Crippen MR) is 87.8 cm³/mol. The molecule has 0 saturated carbocycles. The van der Waals surface area contributed by atoms with Gasteiger partial charge in [-0.05, 0) is 55.0 Å². The smallest absolute Gasteiger partial charge is 0.194 e. The number of hydrogen-bond acceptors (Lipinski definition) is 3. The minimum Gasteiger partial charge on any atom is -0.291 e. The van der Waals surface area contributed by atoms with Crippen LogP contribution in [0.1, 0.15) is 44.4 Å². The summed E-state index contributed by atoms with van der Waals surface area (Å²) in [7, 11) is 0. The fourth-order valence-corrected chi connectivity index (χ4v) is 4.18. The van der Waals surface area contributed by atoms with E-state index in [1.54, 1.807) is 11.3 Å². The molecule has 3 rings (SSSR count). The Morgan fingerprint density at radius 1 is 1.24 bits per heavy atom. The summed E-state index contributed by atoms with van der Waals surface area (Å²) in [6.45, 7) is 0. The fourth-order valence-electron chi connectivity index (χ4n) is 2.69. The summed E-state index contributed by atoms with van der Waals surface area (Å²) in [6, 6.07) is 11.6. The van der Waals surface area contributed by atoms with Crippen LogP contribution in [0.5, 0.6) is 0 Å². The fraction of sp³-hybridized carbons (Fsp3) is 0.294. The zero-order valence-corrected chi connectivity index (χ0v) is 13.8. The minimum atomic E-state index is -0.710. The summed E-state index contributed by atoms with van der Waals surface area (Å²) in [5.74, 6) is -0.780. The van der Waals surface area contributed by atoms with Crippen molar-refractivity contribution in [3.05, 3.63) is 55.7 Å². The summed E-state index contributed by atoms with van der Waals surface area (Å²) in [5.41, 5.74) is 2.07. The SMILES string of the molecule is N#CC(C(=O)c1cc2c(s1)CCCC2)c1ccc(Br)cc1. The lowest BCUT2D eigenvalue weighted by atomic mass is 9.94. The Hall–Kier alpha value is -1.44. The molecule has 0 radical (unpaired) electrons. The number of ketones is 1. The largest absolute Gasteiger partial charge is 0.291 e. The Kier molecular flexibility index (Phi) is 4.23. The van der Waals surface area contributed by atoms with E-state index in [0.29, 0.717) is 0 Å². The van der Waals surface area contributed by atoms with Gasteiger partial charge in [0.15, 0.2) is 5.78 Å². The van der Waals surface area contributed by atoms with Crippen LogP contribution in [-0.4, -0.2) is 5.78 Å². The van der Waals surface area contributed by atoms with Crippen LogP contribution in [0.2, 0.25) is 0 Å². The minimum absolute atomic E-state index is 0.0702. The lowest BCUT2D eigenvalue weighted by Gasteiger charge is -2.08. The third-order valence-corrected chi connectivity index (χ3v) is 5.61. The highest BCUT2D eigenvalue weighted by Crippen LogP contribution is 2.32. The standard InChI is InChI=1S/C17H14BrNOS/c18-13-7-5-11(6-8-13)14(10-19)17(20)16-9-12-3-1-2-4-15(12)21-16/h5-9,14H,1-4H2. The van der Waals surface area contributed by atoms with E-state index in [9.17, 15) is 10.1 Å². The van der Waals surface area contributed by atoms with Gasteiger partial charge in [-0.1, -0.05) is 28.1 Å². The molecule has 0 spiro atoms. The second-order valence-electron chi connectivity index (χ2n) is 5.24. The highest BCUT2D eigenvalue weighted by molar-refractivity contribution is 9.10. The highest BCUT2D eigenvalue weighted by atomic mass is 79.9. The molecule has 0 amide bonds. The molecule has 0 aliphatic heterocycles. The van der Waals surface area contributed by atoms with Gasteiger partial charge >= 0.3 is 0 Å². The average Bonchev–Trinajstić information content (AvgIpc) is 2.93. The third-order valence-electron chi connectivity index (χ3n) is 3.83. The molecular formula is C17H14BrNOS. The second-order valence-corrected chi connectivity index (χ2v) is 7.30. The van der Waals surface area contributed by atoms with Crippen molar-refractivity contribution in [3.8, 4) is 6.07 Å². The Bertz CT molecular complexity index is 688. The normalized spacial score (nSPS) is 15.0. The van der Waals surface area contributed by atoms with Gasteiger partial charge in [-0.25, -0.2) is 0 Å². The number of carbonyl (C=O) groups is 1. The number of benzene rings is 1. The molecule has 1 heterocycles. The Morgan fingerprint density at radius 2 is 1.95 bits per heavy atom. The van der Waals surface area contributed by atoms with Crippen molar-refractivity contribution in [3.63, 3.8) is 0 Å². The van der Waals surface area contributed by atoms with E-state index in [-0.39, 0.29) is 5.78 Å². The lowest BCUT2D eigenvalue weighted by molar-refractivity contribution is 0.0982. The van der Waals surface area contributed by atoms with Crippen LogP contribution in [0.4, 0.5) is 0 Å². The number of halogens is 1. The van der Waals surface area contributed by atoms with Crippen molar-refractivity contribution in [1.29, 1.82) is 5.26 Å². The number of thiophene rings is 1. The molecule has 2 aromatic rings. The Labute approximate surface area is 136 Å². The molecule has 0 bridgehead atoms. The van der Waals surface area contributed by atoms with Crippen LogP contribution >= 0.6 is 27.3 Å². The van der Waals surface area contributed by atoms with Crippen LogP contribution in [0.25, 0.3) is 0 Å². The average molecular weight is 360 g/mol. The first kappa shape index (κ1) is 14.5. The molecule has 106 valence electrons. The Balaban J connectivity index is 1.90. The summed E-state index contributed by atoms with van der Waals surface area (Å²) in [5, 5.41) is 9.41. The molecule has 0 fully saturated rings. The predicted octanol–water partition coefficient (Wildman–Crippen LogP) is 4.88. The molecule has 1 aromatic heterocycles. The molecule has 1 atom stereocenters. The number of hydrogen-bond donors (Lipinski definition) is 0. The molecule has 1 aliphatic carbocycles. The quantitative estimate of drug-likeness (QED) is 0.732. The zero-order valence-electron chi connectivity index (χ0n) is 11.4. The number of rotatable bonds is 3. The van der Waals surface area contributed by atoms with Crippen molar-refractivity contribution in [1.82, 2.24) is 0 Å². The van der Waals surface area contributed by atoms with Crippen molar-refractivity contribution in [2.75, 3.05) is 0 Å². The number of Topliss-reactive ketones (excluding diaryl/α,β-unsaturated/α-hetero) is 1. The summed E-state index contributed by atoms with van der Waals surface area (Å²) < 4.78 is 0.946. The maximum atomic E-state index is 12.7. The topological polar surface area (TPSA) is 40.9 Å². The first-order valence-corrected chi connectivity index (χ1v) is 8.61. The molecule has 1 aliphatic rings. The maximum absolute atomic E-state index is 12.7. The van der Waals surface area contributed by atoms with Gasteiger partial charge in [0.25, 0.3) is 0 Å². The molecule has 1 unspecified atom stereocenters. The first-order valence-electron chi connectivity index (χ1n) is 7.00. The monoisotopic (exact) mass is 359 g/mol. The van der Waals surface area contributed by atoms with Crippen molar-refractivity contribution >= 4 is 33.0 Å². The number of carbonyl (C=O) groups excluding carboxylic acids is 1. The van der Waals surface area contributed by atoms with Gasteiger partial charge in [-0.3, -0.25) is 4.79 Å². The lowest BCUT2D eigenvalue weighted by Crippen LogP contribution is -2.09. The van der Waals surface area contributed by atoms with E-state index in [2.05, 4.69) is 22.0 Å². The van der Waals surface area contributed by atoms with E-state index in [1.807, 2.05) is 30.3 Å². The van der Waals surface area contributed by atoms with Gasteiger partial charge in [0.1, 0.15) is 5.92 Å². The summed E-state index contributed by atoms with van der Waals surface area (Å²) >= 11 is 4.95. The van der Waals surface area contributed by atoms with Gasteiger partial charge in [-0.2, -0.15) is 5.26 Å². The van der Waals surface area contributed by atoms with E-state index < -0.39 is 5.92 Å². The molecule has 1 aromatic carbocycles. The van der Waals surface area contributed by atoms with E-state index in [0.717, 1.165) is 27.8 Å². The van der Waals surface area contributed by atoms with E-state index >= 15 is 0 Å². The highest BCUT2D eigenvalue weighted by Gasteiger charge is 2.25. The number of aryl methyl sites for hydroxylation is 2. The van der Waals surface area contributed by atoms with E-state index in [4.69, 9.17) is 0 Å². The van der Waals surface area contributed by atoms with Crippen LogP contribution in [0.15, 0.2) is 34.8 Å². The van der Waals surface area contributed by atoms with Gasteiger partial charge in [0.05, 0.1) is 10.9 Å². The maximum Gasteiger partial charge on any atom is 0.194 e. The molecule has 0 saturated heterocycles. The third kappa shape index (κ3) is 2.95. The van der Waals surface area contributed by atoms with Crippen molar-refractivity contribution in [2.45, 2.75) is 31.6 Å².